The van der Waals surface area contributed by atoms with Crippen molar-refractivity contribution in [3.05, 3.63) is 39.9 Å². The Balaban J connectivity index is 2.66. The first kappa shape index (κ1) is 12.4. The Hall–Kier alpha value is -0.650. The summed E-state index contributed by atoms with van der Waals surface area (Å²) < 4.78 is 0.461. The van der Waals surface area contributed by atoms with Crippen LogP contribution in [-0.2, 0) is 0 Å². The molecule has 1 rings (SSSR count). The molecule has 0 saturated carbocycles. The molecular weight excluding hydrogens is 305 g/mol. The van der Waals surface area contributed by atoms with Crippen molar-refractivity contribution in [1.82, 2.24) is 0 Å². The van der Waals surface area contributed by atoms with Crippen molar-refractivity contribution in [2.24, 2.45) is 0 Å². The molecule has 0 heterocycles. The fourth-order valence-electron chi connectivity index (χ4n) is 1.35. The average Bonchev–Trinajstić information content (AvgIpc) is 2.26. The molecule has 0 aliphatic carbocycles. The molecule has 82 valence electrons. The van der Waals surface area contributed by atoms with Gasteiger partial charge in [0.25, 0.3) is 5.69 Å². The summed E-state index contributed by atoms with van der Waals surface area (Å²) in [6, 6.07) is 6.86. The van der Waals surface area contributed by atoms with Gasteiger partial charge in [-0.3, -0.25) is 10.1 Å². The summed E-state index contributed by atoms with van der Waals surface area (Å²) in [4.78, 5) is 10.1. The third-order valence-corrected chi connectivity index (χ3v) is 3.62. The van der Waals surface area contributed by atoms with E-state index in [4.69, 9.17) is 0 Å². The number of benzene rings is 1. The Morgan fingerprint density at radius 2 is 2.00 bits per heavy atom. The van der Waals surface area contributed by atoms with Crippen molar-refractivity contribution >= 4 is 28.3 Å². The Morgan fingerprint density at radius 3 is 2.47 bits per heavy atom. The number of hydrogen-bond acceptors (Lipinski definition) is 2. The second-order valence-electron chi connectivity index (χ2n) is 3.46. The first-order valence-corrected chi connectivity index (χ1v) is 6.28. The second kappa shape index (κ2) is 6.05. The molecule has 0 aliphatic rings. The third-order valence-electron chi connectivity index (χ3n) is 2.28. The highest BCUT2D eigenvalue weighted by Gasteiger charge is 2.09. The number of rotatable bonds is 5. The summed E-state index contributed by atoms with van der Waals surface area (Å²) >= 11 is 2.39. The minimum absolute atomic E-state index is 0.165. The molecule has 0 radical (unpaired) electrons. The molecule has 0 amide bonds. The lowest BCUT2D eigenvalue weighted by Gasteiger charge is -2.08. The van der Waals surface area contributed by atoms with Crippen LogP contribution < -0.4 is 0 Å². The molecule has 0 bridgehead atoms. The molecule has 1 atom stereocenters. The van der Waals surface area contributed by atoms with Gasteiger partial charge in [0, 0.05) is 16.1 Å². The van der Waals surface area contributed by atoms with E-state index in [1.54, 1.807) is 12.1 Å². The van der Waals surface area contributed by atoms with E-state index in [-0.39, 0.29) is 10.6 Å². The maximum Gasteiger partial charge on any atom is 0.269 e. The zero-order valence-electron chi connectivity index (χ0n) is 8.65. The summed E-state index contributed by atoms with van der Waals surface area (Å²) in [7, 11) is 0. The summed E-state index contributed by atoms with van der Waals surface area (Å²) in [6.45, 7) is 2.17. The minimum Gasteiger partial charge on any atom is -0.258 e. The molecule has 0 fully saturated rings. The van der Waals surface area contributed by atoms with E-state index in [1.165, 1.54) is 18.4 Å². The van der Waals surface area contributed by atoms with Crippen LogP contribution in [0.25, 0.3) is 0 Å². The minimum atomic E-state index is -0.363. The molecule has 0 aliphatic heterocycles. The quantitative estimate of drug-likeness (QED) is 0.352. The van der Waals surface area contributed by atoms with Crippen molar-refractivity contribution in [3.63, 3.8) is 0 Å². The highest BCUT2D eigenvalue weighted by Crippen LogP contribution is 2.29. The summed E-state index contributed by atoms with van der Waals surface area (Å²) in [5, 5.41) is 10.5. The molecule has 0 N–H and O–H groups in total. The fourth-order valence-corrected chi connectivity index (χ4v) is 2.21. The number of unbranched alkanes of at least 4 members (excludes halogenated alkanes) is 1. The monoisotopic (exact) mass is 319 g/mol. The van der Waals surface area contributed by atoms with E-state index >= 15 is 0 Å². The maximum absolute atomic E-state index is 10.5. The second-order valence-corrected chi connectivity index (χ2v) is 4.96. The van der Waals surface area contributed by atoms with Gasteiger partial charge in [-0.1, -0.05) is 54.5 Å². The van der Waals surface area contributed by atoms with Crippen LogP contribution in [0.2, 0.25) is 0 Å². The SMILES string of the molecule is CCCCC(I)c1ccc([N+](=O)[O-])cc1. The molecule has 1 aromatic carbocycles. The molecule has 0 spiro atoms. The maximum atomic E-state index is 10.5. The summed E-state index contributed by atoms with van der Waals surface area (Å²) in [6.07, 6.45) is 3.52. The van der Waals surface area contributed by atoms with Crippen LogP contribution in [0.15, 0.2) is 24.3 Å². The lowest BCUT2D eigenvalue weighted by atomic mass is 10.1. The van der Waals surface area contributed by atoms with E-state index in [0.29, 0.717) is 3.92 Å². The Kier molecular flexibility index (Phi) is 5.01. The normalized spacial score (nSPS) is 12.4. The number of nitro benzene ring substituents is 1. The van der Waals surface area contributed by atoms with E-state index in [1.807, 2.05) is 12.1 Å². The molecule has 3 nitrogen and oxygen atoms in total. The number of hydrogen-bond donors (Lipinski definition) is 0. The van der Waals surface area contributed by atoms with Crippen LogP contribution in [0.1, 0.15) is 35.7 Å². The standard InChI is InChI=1S/C11H14INO2/c1-2-3-4-11(12)9-5-7-10(8-6-9)13(14)15/h5-8,11H,2-4H2,1H3. The van der Waals surface area contributed by atoms with Gasteiger partial charge in [0.1, 0.15) is 0 Å². The van der Waals surface area contributed by atoms with Gasteiger partial charge in [-0.2, -0.15) is 0 Å². The van der Waals surface area contributed by atoms with Crippen LogP contribution in [-0.4, -0.2) is 4.92 Å². The van der Waals surface area contributed by atoms with E-state index < -0.39 is 0 Å². The first-order chi connectivity index (χ1) is 7.15. The summed E-state index contributed by atoms with van der Waals surface area (Å²) in [5.74, 6) is 0. The summed E-state index contributed by atoms with van der Waals surface area (Å²) in [5.41, 5.74) is 1.34. The first-order valence-electron chi connectivity index (χ1n) is 5.03. The van der Waals surface area contributed by atoms with Gasteiger partial charge in [-0.15, -0.1) is 0 Å². The van der Waals surface area contributed by atoms with Gasteiger partial charge in [-0.25, -0.2) is 0 Å². The molecular formula is C11H14INO2. The van der Waals surface area contributed by atoms with Crippen molar-refractivity contribution < 1.29 is 4.92 Å². The van der Waals surface area contributed by atoms with Gasteiger partial charge in [0.05, 0.1) is 4.92 Å². The Labute approximate surface area is 103 Å². The van der Waals surface area contributed by atoms with Crippen molar-refractivity contribution in [3.8, 4) is 0 Å². The van der Waals surface area contributed by atoms with Gasteiger partial charge in [-0.05, 0) is 12.0 Å². The Bertz CT molecular complexity index is 324. The predicted molar refractivity (Wildman–Crippen MR) is 69.4 cm³/mol. The van der Waals surface area contributed by atoms with E-state index in [2.05, 4.69) is 29.5 Å². The van der Waals surface area contributed by atoms with Crippen LogP contribution in [0.4, 0.5) is 5.69 Å². The van der Waals surface area contributed by atoms with Crippen molar-refractivity contribution in [2.45, 2.75) is 30.1 Å². The van der Waals surface area contributed by atoms with Crippen LogP contribution in [0.5, 0.6) is 0 Å². The van der Waals surface area contributed by atoms with Gasteiger partial charge in [0.15, 0.2) is 0 Å². The Morgan fingerprint density at radius 1 is 1.40 bits per heavy atom. The number of halogens is 1. The highest BCUT2D eigenvalue weighted by molar-refractivity contribution is 14.1. The van der Waals surface area contributed by atoms with Crippen LogP contribution in [0.3, 0.4) is 0 Å². The predicted octanol–water partition coefficient (Wildman–Crippen LogP) is 4.26. The van der Waals surface area contributed by atoms with Crippen molar-refractivity contribution in [2.75, 3.05) is 0 Å². The lowest BCUT2D eigenvalue weighted by Crippen LogP contribution is -1.92. The molecule has 0 aromatic heterocycles. The molecule has 1 aromatic rings. The number of nitrogens with zero attached hydrogens (tertiary/aromatic N) is 1. The number of alkyl halides is 1. The van der Waals surface area contributed by atoms with Crippen molar-refractivity contribution in [1.29, 1.82) is 0 Å². The molecule has 1 unspecified atom stereocenters. The van der Waals surface area contributed by atoms with Crippen LogP contribution in [0, 0.1) is 10.1 Å². The van der Waals surface area contributed by atoms with E-state index in [0.717, 1.165) is 6.42 Å². The topological polar surface area (TPSA) is 43.1 Å². The number of non-ortho nitro benzene ring substituents is 1. The third kappa shape index (κ3) is 3.77. The molecule has 4 heteroatoms. The largest absolute Gasteiger partial charge is 0.269 e. The zero-order chi connectivity index (χ0) is 11.3. The zero-order valence-corrected chi connectivity index (χ0v) is 10.8. The molecule has 15 heavy (non-hydrogen) atoms. The smallest absolute Gasteiger partial charge is 0.258 e. The van der Waals surface area contributed by atoms with Gasteiger partial charge in [0.2, 0.25) is 0 Å². The average molecular weight is 319 g/mol. The fraction of sp³-hybridized carbons (Fsp3) is 0.455. The highest BCUT2D eigenvalue weighted by atomic mass is 127. The molecule has 0 saturated heterocycles. The number of nitro groups is 1. The van der Waals surface area contributed by atoms with Gasteiger partial charge < -0.3 is 0 Å². The van der Waals surface area contributed by atoms with Gasteiger partial charge >= 0.3 is 0 Å². The van der Waals surface area contributed by atoms with Crippen LogP contribution >= 0.6 is 22.6 Å². The van der Waals surface area contributed by atoms with E-state index in [9.17, 15) is 10.1 Å². The lowest BCUT2D eigenvalue weighted by molar-refractivity contribution is -0.384.